The fourth-order valence-corrected chi connectivity index (χ4v) is 3.82. The number of hydrogen-bond donors (Lipinski definition) is 2. The molecule has 2 heterocycles. The van der Waals surface area contributed by atoms with Crippen molar-refractivity contribution in [3.63, 3.8) is 0 Å². The number of rotatable bonds is 7. The molecule has 0 aliphatic rings. The Balaban J connectivity index is 1.86. The first-order valence-electron chi connectivity index (χ1n) is 8.03. The van der Waals surface area contributed by atoms with Crippen molar-refractivity contribution >= 4 is 38.3 Å². The van der Waals surface area contributed by atoms with E-state index in [0.29, 0.717) is 28.0 Å². The zero-order valence-corrected chi connectivity index (χ0v) is 15.8. The number of hydrogen-bond acceptors (Lipinski definition) is 4. The lowest BCUT2D eigenvalue weighted by atomic mass is 10.2. The molecule has 1 aromatic carbocycles. The first kappa shape index (κ1) is 19.4. The Morgan fingerprint density at radius 2 is 2.11 bits per heavy atom. The number of aromatic amines is 1. The van der Waals surface area contributed by atoms with Gasteiger partial charge < -0.3 is 9.72 Å². The molecular formula is C17H16ClF2N3O3S. The summed E-state index contributed by atoms with van der Waals surface area (Å²) in [6, 6.07) is 3.61. The van der Waals surface area contributed by atoms with Crippen molar-refractivity contribution in [3.05, 3.63) is 52.8 Å². The number of anilines is 1. The number of sulfonamides is 1. The summed E-state index contributed by atoms with van der Waals surface area (Å²) in [6.07, 6.45) is 3.42. The minimum Gasteiger partial charge on any atom is -0.483 e. The highest BCUT2D eigenvalue weighted by Crippen LogP contribution is 2.30. The summed E-state index contributed by atoms with van der Waals surface area (Å²) in [5, 5.41) is 1.07. The van der Waals surface area contributed by atoms with Crippen molar-refractivity contribution in [1.29, 1.82) is 0 Å². The zero-order valence-electron chi connectivity index (χ0n) is 14.2. The van der Waals surface area contributed by atoms with E-state index in [1.54, 1.807) is 19.2 Å². The molecule has 0 spiro atoms. The van der Waals surface area contributed by atoms with Crippen LogP contribution >= 0.6 is 11.6 Å². The molecule has 144 valence electrons. The number of halogens is 3. The van der Waals surface area contributed by atoms with Crippen LogP contribution < -0.4 is 9.46 Å². The molecule has 3 rings (SSSR count). The van der Waals surface area contributed by atoms with E-state index in [1.165, 1.54) is 6.20 Å². The molecule has 0 amide bonds. The standard InChI is InChI=1S/C17H16ClF2N3O3S/c1-2-5-27(24,25)23-14-4-3-13(19)16(15(14)20)26-9-10-7-21-17-12(10)6-11(18)8-22-17/h3-4,6-8,23H,2,5,9H2,1H3,(H,21,22). The number of nitrogens with one attached hydrogen (secondary N) is 2. The summed E-state index contributed by atoms with van der Waals surface area (Å²) in [5.74, 6) is -2.91. The van der Waals surface area contributed by atoms with Gasteiger partial charge in [0.2, 0.25) is 10.0 Å². The summed E-state index contributed by atoms with van der Waals surface area (Å²) in [5.41, 5.74) is 0.777. The molecule has 10 heteroatoms. The quantitative estimate of drug-likeness (QED) is 0.605. The number of benzene rings is 1. The van der Waals surface area contributed by atoms with Gasteiger partial charge in [0.15, 0.2) is 17.4 Å². The average molecular weight is 416 g/mol. The number of nitrogens with zero attached hydrogens (tertiary/aromatic N) is 1. The third-order valence-corrected chi connectivity index (χ3v) is 5.43. The molecule has 3 aromatic rings. The molecule has 0 fully saturated rings. The molecular weight excluding hydrogens is 400 g/mol. The molecule has 27 heavy (non-hydrogen) atoms. The maximum absolute atomic E-state index is 14.6. The van der Waals surface area contributed by atoms with Crippen molar-refractivity contribution in [3.8, 4) is 5.75 Å². The highest BCUT2D eigenvalue weighted by atomic mass is 35.5. The van der Waals surface area contributed by atoms with Crippen molar-refractivity contribution in [2.24, 2.45) is 0 Å². The number of pyridine rings is 1. The second-order valence-electron chi connectivity index (χ2n) is 5.81. The summed E-state index contributed by atoms with van der Waals surface area (Å²) in [4.78, 5) is 7.00. The predicted molar refractivity (Wildman–Crippen MR) is 99.5 cm³/mol. The number of fused-ring (bicyclic) bond motifs is 1. The van der Waals surface area contributed by atoms with Crippen molar-refractivity contribution in [2.45, 2.75) is 20.0 Å². The van der Waals surface area contributed by atoms with E-state index >= 15 is 0 Å². The minimum absolute atomic E-state index is 0.166. The normalized spacial score (nSPS) is 11.7. The van der Waals surface area contributed by atoms with Gasteiger partial charge in [-0.05, 0) is 24.6 Å². The Morgan fingerprint density at radius 1 is 1.33 bits per heavy atom. The Hall–Kier alpha value is -2.39. The first-order valence-corrected chi connectivity index (χ1v) is 10.1. The lowest BCUT2D eigenvalue weighted by Gasteiger charge is -2.13. The van der Waals surface area contributed by atoms with Gasteiger partial charge in [0, 0.05) is 23.3 Å². The highest BCUT2D eigenvalue weighted by molar-refractivity contribution is 7.92. The van der Waals surface area contributed by atoms with Crippen LogP contribution in [0.15, 0.2) is 30.6 Å². The van der Waals surface area contributed by atoms with Gasteiger partial charge in [-0.3, -0.25) is 4.72 Å². The van der Waals surface area contributed by atoms with Crippen molar-refractivity contribution < 1.29 is 21.9 Å². The molecule has 2 aromatic heterocycles. The van der Waals surface area contributed by atoms with Crippen LogP contribution in [0, 0.1) is 11.6 Å². The van der Waals surface area contributed by atoms with E-state index in [2.05, 4.69) is 14.7 Å². The first-order chi connectivity index (χ1) is 12.8. The minimum atomic E-state index is -3.72. The molecule has 0 atom stereocenters. The van der Waals surface area contributed by atoms with Gasteiger partial charge in [-0.25, -0.2) is 22.2 Å². The lowest BCUT2D eigenvalue weighted by molar-refractivity contribution is 0.276. The van der Waals surface area contributed by atoms with E-state index < -0.39 is 27.4 Å². The Kier molecular flexibility index (Phi) is 5.52. The van der Waals surface area contributed by atoms with Gasteiger partial charge in [-0.2, -0.15) is 0 Å². The molecule has 0 saturated carbocycles. The fourth-order valence-electron chi connectivity index (χ4n) is 2.53. The molecule has 0 saturated heterocycles. The van der Waals surface area contributed by atoms with Gasteiger partial charge in [0.1, 0.15) is 12.3 Å². The Bertz CT molecular complexity index is 1090. The van der Waals surface area contributed by atoms with Crippen LogP contribution in [-0.2, 0) is 16.6 Å². The van der Waals surface area contributed by atoms with Gasteiger partial charge in [-0.1, -0.05) is 18.5 Å². The third kappa shape index (κ3) is 4.30. The van der Waals surface area contributed by atoms with Crippen LogP contribution in [0.4, 0.5) is 14.5 Å². The molecule has 2 N–H and O–H groups in total. The average Bonchev–Trinajstić information content (AvgIpc) is 2.99. The maximum atomic E-state index is 14.6. The molecule has 0 aliphatic heterocycles. The predicted octanol–water partition coefficient (Wildman–Crippen LogP) is 4.23. The Morgan fingerprint density at radius 3 is 2.85 bits per heavy atom. The highest BCUT2D eigenvalue weighted by Gasteiger charge is 2.19. The van der Waals surface area contributed by atoms with Crippen LogP contribution in [0.1, 0.15) is 18.9 Å². The SMILES string of the molecule is CCCS(=O)(=O)Nc1ccc(F)c(OCc2c[nH]c3ncc(Cl)cc23)c1F. The maximum Gasteiger partial charge on any atom is 0.232 e. The smallest absolute Gasteiger partial charge is 0.232 e. The third-order valence-electron chi connectivity index (χ3n) is 3.74. The molecule has 6 nitrogen and oxygen atoms in total. The number of H-pyrrole nitrogens is 1. The summed E-state index contributed by atoms with van der Waals surface area (Å²) < 4.78 is 59.7. The van der Waals surface area contributed by atoms with Crippen LogP contribution in [0.3, 0.4) is 0 Å². The van der Waals surface area contributed by atoms with Crippen LogP contribution in [0.25, 0.3) is 11.0 Å². The summed E-state index contributed by atoms with van der Waals surface area (Å²) >= 11 is 5.92. The molecule has 0 aliphatic carbocycles. The number of aromatic nitrogens is 2. The molecule has 0 unspecified atom stereocenters. The zero-order chi connectivity index (χ0) is 19.6. The van der Waals surface area contributed by atoms with Crippen LogP contribution in [-0.4, -0.2) is 24.1 Å². The van der Waals surface area contributed by atoms with E-state index in [1.807, 2.05) is 0 Å². The molecule has 0 bridgehead atoms. The summed E-state index contributed by atoms with van der Waals surface area (Å²) in [6.45, 7) is 1.51. The second kappa shape index (κ2) is 7.69. The van der Waals surface area contributed by atoms with Crippen molar-refractivity contribution in [1.82, 2.24) is 9.97 Å². The largest absolute Gasteiger partial charge is 0.483 e. The van der Waals surface area contributed by atoms with Crippen LogP contribution in [0.2, 0.25) is 5.02 Å². The van der Waals surface area contributed by atoms with E-state index in [4.69, 9.17) is 16.3 Å². The van der Waals surface area contributed by atoms with E-state index in [-0.39, 0.29) is 18.0 Å². The fraction of sp³-hybridized carbons (Fsp3) is 0.235. The molecule has 0 radical (unpaired) electrons. The topological polar surface area (TPSA) is 84.1 Å². The van der Waals surface area contributed by atoms with Crippen LogP contribution in [0.5, 0.6) is 5.75 Å². The Labute approximate surface area is 159 Å². The monoisotopic (exact) mass is 415 g/mol. The van der Waals surface area contributed by atoms with Gasteiger partial charge in [0.25, 0.3) is 0 Å². The van der Waals surface area contributed by atoms with E-state index in [0.717, 1.165) is 12.1 Å². The van der Waals surface area contributed by atoms with Gasteiger partial charge in [0.05, 0.1) is 16.5 Å². The van der Waals surface area contributed by atoms with Crippen molar-refractivity contribution in [2.75, 3.05) is 10.5 Å². The lowest BCUT2D eigenvalue weighted by Crippen LogP contribution is -2.17. The second-order valence-corrected chi connectivity index (χ2v) is 8.09. The summed E-state index contributed by atoms with van der Waals surface area (Å²) in [7, 11) is -3.72. The van der Waals surface area contributed by atoms with Gasteiger partial charge >= 0.3 is 0 Å². The van der Waals surface area contributed by atoms with E-state index in [9.17, 15) is 17.2 Å². The van der Waals surface area contributed by atoms with Gasteiger partial charge in [-0.15, -0.1) is 0 Å². The number of ether oxygens (including phenoxy) is 1.